The van der Waals surface area contributed by atoms with Crippen LogP contribution in [0.25, 0.3) is 10.8 Å². The Kier molecular flexibility index (Phi) is 4.90. The molecular weight excluding hydrogens is 322 g/mol. The summed E-state index contributed by atoms with van der Waals surface area (Å²) in [6, 6.07) is 14.6. The number of benzene rings is 2. The van der Waals surface area contributed by atoms with Crippen molar-refractivity contribution < 1.29 is 13.2 Å². The van der Waals surface area contributed by atoms with E-state index in [9.17, 15) is 13.2 Å². The minimum atomic E-state index is -2.92. The van der Waals surface area contributed by atoms with E-state index in [1.165, 1.54) is 16.3 Å². The number of sulfone groups is 1. The standard InChI is InChI=1S/C19H23NO3S/c1-14(20-19(21)12-16-8-9-24(22,23)13-16)10-15-6-7-17-4-2-3-5-18(17)11-15/h2-7,11,14,16H,8-10,12-13H2,1H3,(H,20,21). The lowest BCUT2D eigenvalue weighted by Crippen LogP contribution is -2.35. The Balaban J connectivity index is 1.54. The van der Waals surface area contributed by atoms with Crippen LogP contribution in [0.1, 0.15) is 25.3 Å². The van der Waals surface area contributed by atoms with Crippen molar-refractivity contribution in [2.75, 3.05) is 11.5 Å². The molecular formula is C19H23NO3S. The molecule has 4 nitrogen and oxygen atoms in total. The van der Waals surface area contributed by atoms with E-state index in [-0.39, 0.29) is 29.4 Å². The number of fused-ring (bicyclic) bond motifs is 1. The molecule has 1 N–H and O–H groups in total. The van der Waals surface area contributed by atoms with E-state index in [1.807, 2.05) is 19.1 Å². The summed E-state index contributed by atoms with van der Waals surface area (Å²) >= 11 is 0. The third-order valence-corrected chi connectivity index (χ3v) is 6.40. The summed E-state index contributed by atoms with van der Waals surface area (Å²) in [5, 5.41) is 5.40. The lowest BCUT2D eigenvalue weighted by atomic mass is 10.0. The predicted molar refractivity (Wildman–Crippen MR) is 96.6 cm³/mol. The van der Waals surface area contributed by atoms with Gasteiger partial charge in [0, 0.05) is 12.5 Å². The van der Waals surface area contributed by atoms with Crippen LogP contribution in [-0.2, 0) is 21.1 Å². The first-order valence-corrected chi connectivity index (χ1v) is 10.2. The van der Waals surface area contributed by atoms with E-state index in [1.54, 1.807) is 0 Å². The molecule has 0 aliphatic carbocycles. The van der Waals surface area contributed by atoms with Crippen LogP contribution in [0.2, 0.25) is 0 Å². The molecule has 2 unspecified atom stereocenters. The Bertz CT molecular complexity index is 845. The molecule has 0 saturated carbocycles. The zero-order valence-corrected chi connectivity index (χ0v) is 14.7. The second-order valence-corrected chi connectivity index (χ2v) is 9.06. The van der Waals surface area contributed by atoms with Gasteiger partial charge in [-0.15, -0.1) is 0 Å². The Morgan fingerprint density at radius 1 is 1.21 bits per heavy atom. The van der Waals surface area contributed by atoms with Gasteiger partial charge in [-0.25, -0.2) is 8.42 Å². The first-order valence-electron chi connectivity index (χ1n) is 8.39. The summed E-state index contributed by atoms with van der Waals surface area (Å²) < 4.78 is 22.9. The molecule has 1 heterocycles. The van der Waals surface area contributed by atoms with Crippen LogP contribution in [-0.4, -0.2) is 31.9 Å². The summed E-state index contributed by atoms with van der Waals surface area (Å²) in [6.07, 6.45) is 1.68. The summed E-state index contributed by atoms with van der Waals surface area (Å²) in [5.74, 6) is 0.296. The maximum atomic E-state index is 12.1. The molecule has 1 amide bonds. The minimum absolute atomic E-state index is 0.0247. The van der Waals surface area contributed by atoms with Crippen LogP contribution in [0.5, 0.6) is 0 Å². The van der Waals surface area contributed by atoms with Crippen LogP contribution in [0.3, 0.4) is 0 Å². The Morgan fingerprint density at radius 3 is 2.67 bits per heavy atom. The van der Waals surface area contributed by atoms with Crippen molar-refractivity contribution in [1.82, 2.24) is 5.32 Å². The Hall–Kier alpha value is -1.88. The van der Waals surface area contributed by atoms with E-state index >= 15 is 0 Å². The van der Waals surface area contributed by atoms with Gasteiger partial charge in [-0.3, -0.25) is 4.79 Å². The van der Waals surface area contributed by atoms with Gasteiger partial charge in [0.15, 0.2) is 9.84 Å². The highest BCUT2D eigenvalue weighted by Gasteiger charge is 2.29. The fourth-order valence-corrected chi connectivity index (χ4v) is 5.26. The number of hydrogen-bond donors (Lipinski definition) is 1. The Morgan fingerprint density at radius 2 is 1.96 bits per heavy atom. The highest BCUT2D eigenvalue weighted by Crippen LogP contribution is 2.21. The third kappa shape index (κ3) is 4.35. The fourth-order valence-electron chi connectivity index (χ4n) is 3.40. The van der Waals surface area contributed by atoms with Crippen molar-refractivity contribution in [1.29, 1.82) is 0 Å². The zero-order valence-electron chi connectivity index (χ0n) is 13.9. The molecule has 0 radical (unpaired) electrons. The smallest absolute Gasteiger partial charge is 0.220 e. The van der Waals surface area contributed by atoms with Crippen LogP contribution in [0.4, 0.5) is 0 Å². The van der Waals surface area contributed by atoms with Crippen molar-refractivity contribution in [3.8, 4) is 0 Å². The van der Waals surface area contributed by atoms with Crippen LogP contribution >= 0.6 is 0 Å². The zero-order chi connectivity index (χ0) is 17.2. The summed E-state index contributed by atoms with van der Waals surface area (Å²) in [4.78, 5) is 12.1. The van der Waals surface area contributed by atoms with Gasteiger partial charge in [-0.1, -0.05) is 42.5 Å². The van der Waals surface area contributed by atoms with Crippen molar-refractivity contribution in [3.63, 3.8) is 0 Å². The van der Waals surface area contributed by atoms with E-state index in [2.05, 4.69) is 35.6 Å². The number of amides is 1. The van der Waals surface area contributed by atoms with Crippen molar-refractivity contribution >= 4 is 26.5 Å². The molecule has 2 aromatic carbocycles. The molecule has 0 bridgehead atoms. The van der Waals surface area contributed by atoms with Gasteiger partial charge in [0.25, 0.3) is 0 Å². The van der Waals surface area contributed by atoms with Gasteiger partial charge in [-0.05, 0) is 42.0 Å². The number of carbonyl (C=O) groups excluding carboxylic acids is 1. The maximum Gasteiger partial charge on any atom is 0.220 e. The number of rotatable bonds is 5. The van der Waals surface area contributed by atoms with Crippen LogP contribution in [0.15, 0.2) is 42.5 Å². The molecule has 1 aliphatic heterocycles. The summed E-state index contributed by atoms with van der Waals surface area (Å²) in [6.45, 7) is 1.98. The number of carbonyl (C=O) groups is 1. The molecule has 24 heavy (non-hydrogen) atoms. The Labute approximate surface area is 143 Å². The van der Waals surface area contributed by atoms with E-state index < -0.39 is 9.84 Å². The van der Waals surface area contributed by atoms with Crippen molar-refractivity contribution in [3.05, 3.63) is 48.0 Å². The van der Waals surface area contributed by atoms with Crippen LogP contribution in [0, 0.1) is 5.92 Å². The van der Waals surface area contributed by atoms with Crippen molar-refractivity contribution in [2.24, 2.45) is 5.92 Å². The first kappa shape index (κ1) is 17.0. The van der Waals surface area contributed by atoms with E-state index in [4.69, 9.17) is 0 Å². The molecule has 2 atom stereocenters. The van der Waals surface area contributed by atoms with Crippen molar-refractivity contribution in [2.45, 2.75) is 32.2 Å². The van der Waals surface area contributed by atoms with Gasteiger partial charge < -0.3 is 5.32 Å². The highest BCUT2D eigenvalue weighted by molar-refractivity contribution is 7.91. The van der Waals surface area contributed by atoms with Gasteiger partial charge in [-0.2, -0.15) is 0 Å². The SMILES string of the molecule is CC(Cc1ccc2ccccc2c1)NC(=O)CC1CCS(=O)(=O)C1. The monoisotopic (exact) mass is 345 g/mol. The van der Waals surface area contributed by atoms with Gasteiger partial charge in [0.2, 0.25) is 5.91 Å². The molecule has 2 aromatic rings. The summed E-state index contributed by atoms with van der Waals surface area (Å²) in [7, 11) is -2.92. The van der Waals surface area contributed by atoms with Gasteiger partial charge in [0.1, 0.15) is 0 Å². The van der Waals surface area contributed by atoms with Crippen LogP contribution < -0.4 is 5.32 Å². The van der Waals surface area contributed by atoms with E-state index in [0.717, 1.165) is 6.42 Å². The average Bonchev–Trinajstić information content (AvgIpc) is 2.85. The largest absolute Gasteiger partial charge is 0.353 e. The number of hydrogen-bond acceptors (Lipinski definition) is 3. The normalized spacial score (nSPS) is 20.8. The maximum absolute atomic E-state index is 12.1. The van der Waals surface area contributed by atoms with E-state index in [0.29, 0.717) is 12.8 Å². The quantitative estimate of drug-likeness (QED) is 0.906. The molecule has 1 fully saturated rings. The van der Waals surface area contributed by atoms with Gasteiger partial charge >= 0.3 is 0 Å². The van der Waals surface area contributed by atoms with Gasteiger partial charge in [0.05, 0.1) is 11.5 Å². The molecule has 3 rings (SSSR count). The lowest BCUT2D eigenvalue weighted by Gasteiger charge is -2.16. The molecule has 5 heteroatoms. The molecule has 0 spiro atoms. The second kappa shape index (κ2) is 6.93. The minimum Gasteiger partial charge on any atom is -0.353 e. The molecule has 128 valence electrons. The highest BCUT2D eigenvalue weighted by atomic mass is 32.2. The first-order chi connectivity index (χ1) is 11.4. The molecule has 1 saturated heterocycles. The molecule has 1 aliphatic rings. The summed E-state index contributed by atoms with van der Waals surface area (Å²) in [5.41, 5.74) is 1.19. The predicted octanol–water partition coefficient (Wildman–Crippen LogP) is 2.71. The number of nitrogens with one attached hydrogen (secondary N) is 1. The third-order valence-electron chi connectivity index (χ3n) is 4.56. The average molecular weight is 345 g/mol. The molecule has 0 aromatic heterocycles. The second-order valence-electron chi connectivity index (χ2n) is 6.83. The topological polar surface area (TPSA) is 63.2 Å². The lowest BCUT2D eigenvalue weighted by molar-refractivity contribution is -0.122. The fraction of sp³-hybridized carbons (Fsp3) is 0.421.